The highest BCUT2D eigenvalue weighted by molar-refractivity contribution is 7.98. The first-order valence-electron chi connectivity index (χ1n) is 12.5. The molecule has 2 aromatic rings. The molecule has 2 aromatic carbocycles. The summed E-state index contributed by atoms with van der Waals surface area (Å²) in [6, 6.07) is 17.5. The maximum atomic E-state index is 13.8. The van der Waals surface area contributed by atoms with Gasteiger partial charge < -0.3 is 24.9 Å². The van der Waals surface area contributed by atoms with Gasteiger partial charge in [-0.25, -0.2) is 4.79 Å². The van der Waals surface area contributed by atoms with Crippen molar-refractivity contribution < 1.29 is 14.4 Å². The molecule has 0 unspecified atom stereocenters. The maximum Gasteiger partial charge on any atom is 0.321 e. The smallest absolute Gasteiger partial charge is 0.321 e. The van der Waals surface area contributed by atoms with E-state index in [0.717, 1.165) is 16.3 Å². The highest BCUT2D eigenvalue weighted by atomic mass is 32.2. The van der Waals surface area contributed by atoms with E-state index < -0.39 is 5.54 Å². The van der Waals surface area contributed by atoms with Crippen molar-refractivity contribution in [1.29, 1.82) is 0 Å². The van der Waals surface area contributed by atoms with E-state index in [1.165, 1.54) is 0 Å². The molecule has 1 N–H and O–H groups in total. The molecule has 0 aliphatic carbocycles. The summed E-state index contributed by atoms with van der Waals surface area (Å²) in [6.07, 6.45) is 3.03. The number of thioether (sulfide) groups is 1. The van der Waals surface area contributed by atoms with Crippen LogP contribution in [0.3, 0.4) is 0 Å². The van der Waals surface area contributed by atoms with Gasteiger partial charge in [-0.1, -0.05) is 18.2 Å². The van der Waals surface area contributed by atoms with E-state index in [1.807, 2.05) is 74.7 Å². The number of nitrogens with one attached hydrogen (secondary N) is 1. The first-order valence-corrected chi connectivity index (χ1v) is 13.7. The molecule has 2 saturated heterocycles. The van der Waals surface area contributed by atoms with Crippen molar-refractivity contribution in [3.05, 3.63) is 54.6 Å². The van der Waals surface area contributed by atoms with E-state index in [2.05, 4.69) is 10.2 Å². The van der Waals surface area contributed by atoms with Crippen LogP contribution in [-0.2, 0) is 9.59 Å². The second-order valence-electron chi connectivity index (χ2n) is 9.15. The van der Waals surface area contributed by atoms with Crippen molar-refractivity contribution >= 4 is 41.0 Å². The molecule has 1 spiro atoms. The average molecular weight is 510 g/mol. The lowest BCUT2D eigenvalue weighted by molar-refractivity contribution is -0.140. The molecule has 0 bridgehead atoms. The summed E-state index contributed by atoms with van der Waals surface area (Å²) in [5, 5.41) is 2.97. The zero-order valence-electron chi connectivity index (χ0n) is 21.3. The Morgan fingerprint density at radius 2 is 1.64 bits per heavy atom. The minimum Gasteiger partial charge on any atom is -0.342 e. The molecule has 9 heteroatoms. The lowest BCUT2D eigenvalue weighted by atomic mass is 9.85. The Morgan fingerprint density at radius 3 is 2.22 bits per heavy atom. The number of carbonyl (C=O) groups excluding carboxylic acids is 3. The number of hydrogen-bond acceptors (Lipinski definition) is 5. The molecule has 0 saturated carbocycles. The Balaban J connectivity index is 1.49. The number of carbonyl (C=O) groups is 3. The van der Waals surface area contributed by atoms with Crippen LogP contribution in [0.4, 0.5) is 16.2 Å². The van der Waals surface area contributed by atoms with E-state index >= 15 is 0 Å². The third kappa shape index (κ3) is 5.16. The zero-order chi connectivity index (χ0) is 25.7. The number of benzene rings is 2. The van der Waals surface area contributed by atoms with Gasteiger partial charge in [0.1, 0.15) is 12.1 Å². The van der Waals surface area contributed by atoms with Crippen LogP contribution in [0.1, 0.15) is 26.7 Å². The van der Waals surface area contributed by atoms with Crippen molar-refractivity contribution in [2.24, 2.45) is 0 Å². The molecule has 8 nitrogen and oxygen atoms in total. The Morgan fingerprint density at radius 1 is 1.00 bits per heavy atom. The second kappa shape index (κ2) is 11.2. The van der Waals surface area contributed by atoms with Crippen LogP contribution in [0.5, 0.6) is 0 Å². The minimum absolute atomic E-state index is 0.0282. The minimum atomic E-state index is -0.762. The van der Waals surface area contributed by atoms with Crippen molar-refractivity contribution in [2.45, 2.75) is 37.1 Å². The van der Waals surface area contributed by atoms with Gasteiger partial charge in [0.05, 0.1) is 6.67 Å². The fraction of sp³-hybridized carbons (Fsp3) is 0.444. The highest BCUT2D eigenvalue weighted by Gasteiger charge is 2.54. The summed E-state index contributed by atoms with van der Waals surface area (Å²) in [6.45, 7) is 6.49. The number of likely N-dealkylation sites (N-methyl/N-ethyl adjacent to an activating group) is 1. The number of urea groups is 1. The highest BCUT2D eigenvalue weighted by Crippen LogP contribution is 2.39. The number of rotatable bonds is 7. The Hall–Kier alpha value is -3.20. The van der Waals surface area contributed by atoms with Gasteiger partial charge in [-0.3, -0.25) is 9.59 Å². The number of likely N-dealkylation sites (tertiary alicyclic amines) is 1. The molecule has 0 aromatic heterocycles. The summed E-state index contributed by atoms with van der Waals surface area (Å²) in [5.74, 6) is -0.0673. The predicted molar refractivity (Wildman–Crippen MR) is 144 cm³/mol. The lowest BCUT2D eigenvalue weighted by Crippen LogP contribution is -2.58. The first kappa shape index (κ1) is 25.9. The van der Waals surface area contributed by atoms with Crippen LogP contribution in [0, 0.1) is 0 Å². The van der Waals surface area contributed by atoms with Crippen LogP contribution in [0.25, 0.3) is 0 Å². The quantitative estimate of drug-likeness (QED) is 0.572. The molecular formula is C27H35N5O3S. The molecular weight excluding hydrogens is 474 g/mol. The molecule has 192 valence electrons. The summed E-state index contributed by atoms with van der Waals surface area (Å²) in [5.41, 5.74) is 0.944. The van der Waals surface area contributed by atoms with E-state index in [-0.39, 0.29) is 24.4 Å². The summed E-state index contributed by atoms with van der Waals surface area (Å²) in [4.78, 5) is 48.1. The molecule has 2 heterocycles. The third-order valence-electron chi connectivity index (χ3n) is 7.24. The number of amides is 4. The molecule has 0 radical (unpaired) electrons. The fourth-order valence-corrected chi connectivity index (χ4v) is 5.53. The summed E-state index contributed by atoms with van der Waals surface area (Å²) < 4.78 is 0. The van der Waals surface area contributed by atoms with Crippen LogP contribution in [-0.4, -0.2) is 83.7 Å². The second-order valence-corrected chi connectivity index (χ2v) is 10.0. The number of nitrogens with zero attached hydrogens (tertiary/aromatic N) is 4. The number of hydrogen-bond donors (Lipinski definition) is 1. The molecule has 2 fully saturated rings. The van der Waals surface area contributed by atoms with Crippen molar-refractivity contribution in [3.63, 3.8) is 0 Å². The molecule has 0 atom stereocenters. The molecule has 36 heavy (non-hydrogen) atoms. The van der Waals surface area contributed by atoms with Gasteiger partial charge in [-0.2, -0.15) is 0 Å². The van der Waals surface area contributed by atoms with Gasteiger partial charge in [-0.05, 0) is 69.3 Å². The van der Waals surface area contributed by atoms with Gasteiger partial charge in [0.2, 0.25) is 5.91 Å². The lowest BCUT2D eigenvalue weighted by Gasteiger charge is -2.43. The number of para-hydroxylation sites is 1. The normalized spacial score (nSPS) is 17.0. The van der Waals surface area contributed by atoms with E-state index in [0.29, 0.717) is 45.7 Å². The van der Waals surface area contributed by atoms with Crippen LogP contribution in [0.15, 0.2) is 59.5 Å². The van der Waals surface area contributed by atoms with Crippen molar-refractivity contribution in [3.8, 4) is 0 Å². The Labute approximate surface area is 217 Å². The van der Waals surface area contributed by atoms with Gasteiger partial charge in [-0.15, -0.1) is 11.8 Å². The number of anilines is 2. The van der Waals surface area contributed by atoms with E-state index in [9.17, 15) is 14.4 Å². The molecule has 2 aliphatic rings. The van der Waals surface area contributed by atoms with Gasteiger partial charge >= 0.3 is 6.03 Å². The first-order chi connectivity index (χ1) is 17.4. The zero-order valence-corrected chi connectivity index (χ0v) is 22.1. The molecule has 4 rings (SSSR count). The van der Waals surface area contributed by atoms with Crippen LogP contribution < -0.4 is 10.2 Å². The average Bonchev–Trinajstić information content (AvgIpc) is 3.16. The topological polar surface area (TPSA) is 76.2 Å². The van der Waals surface area contributed by atoms with Gasteiger partial charge in [0.15, 0.2) is 0 Å². The Bertz CT molecular complexity index is 1070. The predicted octanol–water partition coefficient (Wildman–Crippen LogP) is 3.95. The Kier molecular flexibility index (Phi) is 8.08. The fourth-order valence-electron chi connectivity index (χ4n) is 5.12. The summed E-state index contributed by atoms with van der Waals surface area (Å²) in [7, 11) is 0. The van der Waals surface area contributed by atoms with Crippen molar-refractivity contribution in [1.82, 2.24) is 14.7 Å². The van der Waals surface area contributed by atoms with Crippen LogP contribution >= 0.6 is 11.8 Å². The van der Waals surface area contributed by atoms with E-state index in [4.69, 9.17) is 0 Å². The van der Waals surface area contributed by atoms with Crippen molar-refractivity contribution in [2.75, 3.05) is 55.9 Å². The SMILES string of the molecule is CCN(CC)C(=O)CN1CN(c2ccccc2)C2(CCN(C(=O)Nc3ccc(SC)cc3)CC2)C1=O. The van der Waals surface area contributed by atoms with E-state index in [1.54, 1.807) is 26.5 Å². The number of piperidine rings is 1. The van der Waals surface area contributed by atoms with Crippen LogP contribution in [0.2, 0.25) is 0 Å². The van der Waals surface area contributed by atoms with Gasteiger partial charge in [0, 0.05) is 42.4 Å². The standard InChI is InChI=1S/C27H35N5O3S/c1-4-29(5-2)24(33)19-31-20-32(22-9-7-6-8-10-22)27(25(31)34)15-17-30(18-16-27)26(35)28-21-11-13-23(36-3)14-12-21/h6-14H,4-5,15-20H2,1-3H3,(H,28,35). The largest absolute Gasteiger partial charge is 0.342 e. The van der Waals surface area contributed by atoms with Gasteiger partial charge in [0.25, 0.3) is 5.91 Å². The maximum absolute atomic E-state index is 13.8. The molecule has 4 amide bonds. The summed E-state index contributed by atoms with van der Waals surface area (Å²) >= 11 is 1.65. The third-order valence-corrected chi connectivity index (χ3v) is 7.99. The monoisotopic (exact) mass is 509 g/mol. The molecule has 2 aliphatic heterocycles.